The van der Waals surface area contributed by atoms with Gasteiger partial charge in [-0.25, -0.2) is 0 Å². The number of aldehydes is 1. The first kappa shape index (κ1) is 21.2. The average molecular weight is 457 g/mol. The zero-order chi connectivity index (χ0) is 22.0. The quantitative estimate of drug-likeness (QED) is 0.521. The molecule has 1 aromatic heterocycles. The van der Waals surface area contributed by atoms with Crippen molar-refractivity contribution < 1.29 is 14.3 Å². The molecule has 31 heavy (non-hydrogen) atoms. The van der Waals surface area contributed by atoms with Crippen molar-refractivity contribution >= 4 is 35.4 Å². The molecule has 4 rings (SSSR count). The summed E-state index contributed by atoms with van der Waals surface area (Å²) in [4.78, 5) is 39.1. The summed E-state index contributed by atoms with van der Waals surface area (Å²) in [6.45, 7) is 1.14. The molecule has 0 saturated heterocycles. The molecule has 8 heteroatoms. The van der Waals surface area contributed by atoms with Gasteiger partial charge in [-0.3, -0.25) is 14.4 Å². The highest BCUT2D eigenvalue weighted by Gasteiger charge is 2.31. The van der Waals surface area contributed by atoms with Crippen molar-refractivity contribution in [3.05, 3.63) is 97.4 Å². The van der Waals surface area contributed by atoms with Crippen molar-refractivity contribution in [1.82, 2.24) is 9.47 Å². The minimum Gasteiger partial charge on any atom is -0.483 e. The molecule has 3 aromatic rings. The van der Waals surface area contributed by atoms with Crippen LogP contribution < -0.4 is 10.2 Å². The van der Waals surface area contributed by atoms with E-state index >= 15 is 0 Å². The first-order chi connectivity index (χ1) is 15.0. The van der Waals surface area contributed by atoms with Gasteiger partial charge in [0.1, 0.15) is 6.61 Å². The molecule has 1 amide bonds. The standard InChI is InChI=1S/C23H18Cl2N2O4/c24-18-7-6-16(10-19(18)25)12-26-8-9-27-17(13-28)11-20(29)22(21(27)23(26)30)31-14-15-4-2-1-3-5-15/h1-7,10-11,13H,8-9,12,14H2. The molecule has 2 aromatic carbocycles. The van der Waals surface area contributed by atoms with Crippen LogP contribution in [-0.4, -0.2) is 28.2 Å². The lowest BCUT2D eigenvalue weighted by Gasteiger charge is -2.31. The first-order valence-corrected chi connectivity index (χ1v) is 10.4. The Labute approximate surface area is 188 Å². The molecule has 0 saturated carbocycles. The molecule has 0 aliphatic carbocycles. The number of hydrogen-bond acceptors (Lipinski definition) is 4. The Morgan fingerprint density at radius 2 is 1.71 bits per heavy atom. The Hall–Kier alpha value is -3.09. The van der Waals surface area contributed by atoms with Crippen LogP contribution in [0.25, 0.3) is 0 Å². The van der Waals surface area contributed by atoms with Crippen LogP contribution in [0.3, 0.4) is 0 Å². The summed E-state index contributed by atoms with van der Waals surface area (Å²) in [5, 5.41) is 0.829. The van der Waals surface area contributed by atoms with Gasteiger partial charge in [-0.15, -0.1) is 0 Å². The Balaban J connectivity index is 1.68. The zero-order valence-electron chi connectivity index (χ0n) is 16.4. The van der Waals surface area contributed by atoms with E-state index in [1.165, 1.54) is 6.07 Å². The second kappa shape index (κ2) is 8.96. The van der Waals surface area contributed by atoms with Crippen molar-refractivity contribution in [3.63, 3.8) is 0 Å². The fourth-order valence-electron chi connectivity index (χ4n) is 3.55. The van der Waals surface area contributed by atoms with Crippen LogP contribution in [0, 0.1) is 0 Å². The zero-order valence-corrected chi connectivity index (χ0v) is 17.9. The van der Waals surface area contributed by atoms with E-state index in [0.29, 0.717) is 29.4 Å². The lowest BCUT2D eigenvalue weighted by atomic mass is 10.1. The lowest BCUT2D eigenvalue weighted by Crippen LogP contribution is -2.42. The third-order valence-electron chi connectivity index (χ3n) is 5.09. The van der Waals surface area contributed by atoms with E-state index in [2.05, 4.69) is 0 Å². The predicted molar refractivity (Wildman–Crippen MR) is 118 cm³/mol. The Bertz CT molecular complexity index is 1210. The van der Waals surface area contributed by atoms with E-state index in [0.717, 1.165) is 11.1 Å². The second-order valence-corrected chi connectivity index (χ2v) is 7.94. The van der Waals surface area contributed by atoms with Gasteiger partial charge >= 0.3 is 0 Å². The van der Waals surface area contributed by atoms with E-state index in [-0.39, 0.29) is 36.2 Å². The number of nitrogens with zero attached hydrogens (tertiary/aromatic N) is 2. The van der Waals surface area contributed by atoms with E-state index in [9.17, 15) is 14.4 Å². The molecular formula is C23H18Cl2N2O4. The summed E-state index contributed by atoms with van der Waals surface area (Å²) in [6, 6.07) is 15.7. The SMILES string of the molecule is O=Cc1cc(=O)c(OCc2ccccc2)c2n1CCN(Cc1ccc(Cl)c(Cl)c1)C2=O. The third-order valence-corrected chi connectivity index (χ3v) is 5.83. The molecule has 158 valence electrons. The van der Waals surface area contributed by atoms with Gasteiger partial charge < -0.3 is 14.2 Å². The molecule has 0 radical (unpaired) electrons. The molecule has 1 aliphatic rings. The molecule has 1 aliphatic heterocycles. The number of pyridine rings is 1. The summed E-state index contributed by atoms with van der Waals surface area (Å²) in [5.41, 5.74) is 1.38. The Kier molecular flexibility index (Phi) is 6.11. The van der Waals surface area contributed by atoms with Gasteiger partial charge in [0, 0.05) is 25.7 Å². The molecule has 0 fully saturated rings. The van der Waals surface area contributed by atoms with E-state index in [4.69, 9.17) is 27.9 Å². The normalized spacial score (nSPS) is 13.1. The van der Waals surface area contributed by atoms with Gasteiger partial charge in [0.05, 0.1) is 15.7 Å². The molecule has 0 atom stereocenters. The maximum atomic E-state index is 13.3. The molecule has 0 unspecified atom stereocenters. The minimum atomic E-state index is -0.506. The summed E-state index contributed by atoms with van der Waals surface area (Å²) < 4.78 is 7.33. The summed E-state index contributed by atoms with van der Waals surface area (Å²) >= 11 is 12.1. The van der Waals surface area contributed by atoms with Crippen LogP contribution in [0.5, 0.6) is 5.75 Å². The van der Waals surface area contributed by atoms with Crippen molar-refractivity contribution in [1.29, 1.82) is 0 Å². The molecule has 0 bridgehead atoms. The topological polar surface area (TPSA) is 68.6 Å². The van der Waals surface area contributed by atoms with Gasteiger partial charge in [0.2, 0.25) is 5.43 Å². The van der Waals surface area contributed by atoms with Gasteiger partial charge in [-0.1, -0.05) is 59.6 Å². The van der Waals surface area contributed by atoms with Gasteiger partial charge in [-0.05, 0) is 23.3 Å². The fourth-order valence-corrected chi connectivity index (χ4v) is 3.87. The fraction of sp³-hybridized carbons (Fsp3) is 0.174. The van der Waals surface area contributed by atoms with Crippen LogP contribution in [0.1, 0.15) is 32.1 Å². The van der Waals surface area contributed by atoms with Crippen LogP contribution in [0.15, 0.2) is 59.4 Å². The highest BCUT2D eigenvalue weighted by Crippen LogP contribution is 2.26. The van der Waals surface area contributed by atoms with Gasteiger partial charge in [0.15, 0.2) is 17.7 Å². The second-order valence-electron chi connectivity index (χ2n) is 7.13. The van der Waals surface area contributed by atoms with Crippen LogP contribution in [0.4, 0.5) is 0 Å². The maximum absolute atomic E-state index is 13.3. The van der Waals surface area contributed by atoms with Crippen LogP contribution in [0.2, 0.25) is 10.0 Å². The minimum absolute atomic E-state index is 0.0571. The number of ether oxygens (including phenoxy) is 1. The monoisotopic (exact) mass is 456 g/mol. The number of benzene rings is 2. The molecular weight excluding hydrogens is 439 g/mol. The van der Waals surface area contributed by atoms with Gasteiger partial charge in [0.25, 0.3) is 5.91 Å². The van der Waals surface area contributed by atoms with Crippen LogP contribution >= 0.6 is 23.2 Å². The maximum Gasteiger partial charge on any atom is 0.274 e. The highest BCUT2D eigenvalue weighted by atomic mass is 35.5. The molecule has 0 N–H and O–H groups in total. The summed E-state index contributed by atoms with van der Waals surface area (Å²) in [5.74, 6) is -0.445. The molecule has 2 heterocycles. The largest absolute Gasteiger partial charge is 0.483 e. The molecule has 0 spiro atoms. The number of carbonyl (C=O) groups is 2. The van der Waals surface area contributed by atoms with Crippen LogP contribution in [-0.2, 0) is 19.7 Å². The van der Waals surface area contributed by atoms with E-state index in [1.807, 2.05) is 30.3 Å². The van der Waals surface area contributed by atoms with Crippen molar-refractivity contribution in [3.8, 4) is 5.75 Å². The summed E-state index contributed by atoms with van der Waals surface area (Å²) in [6.07, 6.45) is 0.577. The highest BCUT2D eigenvalue weighted by molar-refractivity contribution is 6.42. The van der Waals surface area contributed by atoms with E-state index < -0.39 is 5.43 Å². The number of halogens is 2. The Morgan fingerprint density at radius 3 is 2.42 bits per heavy atom. The van der Waals surface area contributed by atoms with Gasteiger partial charge in [-0.2, -0.15) is 0 Å². The lowest BCUT2D eigenvalue weighted by molar-refractivity contribution is 0.0678. The number of aromatic nitrogens is 1. The number of rotatable bonds is 6. The van der Waals surface area contributed by atoms with Crippen molar-refractivity contribution in [2.75, 3.05) is 6.54 Å². The third kappa shape index (κ3) is 4.36. The Morgan fingerprint density at radius 1 is 0.935 bits per heavy atom. The van der Waals surface area contributed by atoms with Crippen molar-refractivity contribution in [2.24, 2.45) is 0 Å². The summed E-state index contributed by atoms with van der Waals surface area (Å²) in [7, 11) is 0. The number of hydrogen-bond donors (Lipinski definition) is 0. The predicted octanol–water partition coefficient (Wildman–Crippen LogP) is 4.20. The molecule has 6 nitrogen and oxygen atoms in total. The smallest absolute Gasteiger partial charge is 0.274 e. The average Bonchev–Trinajstić information content (AvgIpc) is 2.77. The number of amides is 1. The van der Waals surface area contributed by atoms with E-state index in [1.54, 1.807) is 27.7 Å². The number of carbonyl (C=O) groups excluding carboxylic acids is 2. The number of fused-ring (bicyclic) bond motifs is 1. The van der Waals surface area contributed by atoms with Crippen molar-refractivity contribution in [2.45, 2.75) is 19.7 Å². The first-order valence-electron chi connectivity index (χ1n) is 9.61.